The maximum atomic E-state index is 13.7. The number of ether oxygens (including phenoxy) is 1. The van der Waals surface area contributed by atoms with Crippen LogP contribution < -0.4 is 5.32 Å². The molecule has 1 aromatic carbocycles. The molecule has 0 spiro atoms. The first-order valence-corrected chi connectivity index (χ1v) is 5.75. The predicted octanol–water partition coefficient (Wildman–Crippen LogP) is 2.56. The van der Waals surface area contributed by atoms with Crippen LogP contribution in [0.1, 0.15) is 17.2 Å². The lowest BCUT2D eigenvalue weighted by atomic mass is 10.1. The third-order valence-corrected chi connectivity index (χ3v) is 3.41. The van der Waals surface area contributed by atoms with Gasteiger partial charge < -0.3 is 10.1 Å². The van der Waals surface area contributed by atoms with Crippen molar-refractivity contribution in [2.75, 3.05) is 19.7 Å². The number of rotatable bonds is 1. The van der Waals surface area contributed by atoms with E-state index in [4.69, 9.17) is 4.74 Å². The second kappa shape index (κ2) is 4.60. The maximum absolute atomic E-state index is 13.7. The van der Waals surface area contributed by atoms with Crippen LogP contribution in [0.2, 0.25) is 0 Å². The highest BCUT2D eigenvalue weighted by molar-refractivity contribution is 9.10. The second-order valence-corrected chi connectivity index (χ2v) is 4.54. The Bertz CT molecular complexity index is 364. The highest BCUT2D eigenvalue weighted by Gasteiger charge is 2.19. The van der Waals surface area contributed by atoms with Gasteiger partial charge in [-0.15, -0.1) is 0 Å². The van der Waals surface area contributed by atoms with E-state index in [0.29, 0.717) is 18.7 Å². The monoisotopic (exact) mass is 273 g/mol. The number of nitrogens with one attached hydrogen (secondary N) is 1. The van der Waals surface area contributed by atoms with Crippen molar-refractivity contribution in [1.82, 2.24) is 5.32 Å². The van der Waals surface area contributed by atoms with E-state index in [0.717, 1.165) is 16.6 Å². The van der Waals surface area contributed by atoms with E-state index in [1.807, 2.05) is 13.0 Å². The molecule has 0 aliphatic carbocycles. The van der Waals surface area contributed by atoms with Crippen molar-refractivity contribution < 1.29 is 9.13 Å². The summed E-state index contributed by atoms with van der Waals surface area (Å²) in [6, 6.07) is 3.35. The van der Waals surface area contributed by atoms with Crippen LogP contribution in [0.4, 0.5) is 4.39 Å². The molecule has 4 heteroatoms. The molecule has 1 heterocycles. The first kappa shape index (κ1) is 11.0. The van der Waals surface area contributed by atoms with Gasteiger partial charge in [-0.25, -0.2) is 4.39 Å². The Labute approximate surface area is 96.9 Å². The first-order valence-electron chi connectivity index (χ1n) is 4.96. The fourth-order valence-corrected chi connectivity index (χ4v) is 2.01. The van der Waals surface area contributed by atoms with E-state index < -0.39 is 0 Å². The van der Waals surface area contributed by atoms with E-state index in [2.05, 4.69) is 21.2 Å². The summed E-state index contributed by atoms with van der Waals surface area (Å²) in [7, 11) is 0. The van der Waals surface area contributed by atoms with Crippen LogP contribution in [0.5, 0.6) is 0 Å². The molecule has 2 rings (SSSR count). The van der Waals surface area contributed by atoms with Crippen molar-refractivity contribution in [1.29, 1.82) is 0 Å². The zero-order valence-electron chi connectivity index (χ0n) is 8.52. The molecule has 1 aliphatic rings. The standard InChI is InChI=1S/C11H13BrFNO/c1-7-4-8(10(13)5-9(7)12)11-6-14-2-3-15-11/h4-5,11,14H,2-3,6H2,1H3. The minimum atomic E-state index is -0.207. The summed E-state index contributed by atoms with van der Waals surface area (Å²) in [6.07, 6.45) is -0.162. The molecule has 1 saturated heterocycles. The number of benzene rings is 1. The van der Waals surface area contributed by atoms with E-state index in [-0.39, 0.29) is 11.9 Å². The summed E-state index contributed by atoms with van der Waals surface area (Å²) in [5.41, 5.74) is 1.67. The summed E-state index contributed by atoms with van der Waals surface area (Å²) in [6.45, 7) is 4.11. The fraction of sp³-hybridized carbons (Fsp3) is 0.455. The molecule has 1 atom stereocenters. The van der Waals surface area contributed by atoms with Gasteiger partial charge >= 0.3 is 0 Å². The van der Waals surface area contributed by atoms with Crippen molar-refractivity contribution in [3.63, 3.8) is 0 Å². The zero-order chi connectivity index (χ0) is 10.8. The Morgan fingerprint density at radius 3 is 3.00 bits per heavy atom. The molecule has 1 fully saturated rings. The van der Waals surface area contributed by atoms with E-state index in [1.165, 1.54) is 6.07 Å². The molecule has 0 bridgehead atoms. The molecular weight excluding hydrogens is 261 g/mol. The maximum Gasteiger partial charge on any atom is 0.130 e. The van der Waals surface area contributed by atoms with Crippen LogP contribution >= 0.6 is 15.9 Å². The fourth-order valence-electron chi connectivity index (χ4n) is 1.69. The highest BCUT2D eigenvalue weighted by atomic mass is 79.9. The highest BCUT2D eigenvalue weighted by Crippen LogP contribution is 2.27. The van der Waals surface area contributed by atoms with Gasteiger partial charge in [-0.2, -0.15) is 0 Å². The molecule has 0 amide bonds. The topological polar surface area (TPSA) is 21.3 Å². The third kappa shape index (κ3) is 2.38. The van der Waals surface area contributed by atoms with Crippen LogP contribution in [0.15, 0.2) is 16.6 Å². The molecule has 0 saturated carbocycles. The smallest absolute Gasteiger partial charge is 0.130 e. The van der Waals surface area contributed by atoms with Crippen molar-refractivity contribution >= 4 is 15.9 Å². The normalized spacial score (nSPS) is 21.7. The molecule has 0 aromatic heterocycles. The predicted molar refractivity (Wildman–Crippen MR) is 60.4 cm³/mol. The Hall–Kier alpha value is -0.450. The average Bonchev–Trinajstić information content (AvgIpc) is 2.25. The van der Waals surface area contributed by atoms with Gasteiger partial charge in [0.1, 0.15) is 5.82 Å². The Morgan fingerprint density at radius 1 is 1.53 bits per heavy atom. The SMILES string of the molecule is Cc1cc(C2CNCCO2)c(F)cc1Br. The van der Waals surface area contributed by atoms with Gasteiger partial charge in [0.25, 0.3) is 0 Å². The number of hydrogen-bond acceptors (Lipinski definition) is 2. The lowest BCUT2D eigenvalue weighted by molar-refractivity contribution is 0.0255. The van der Waals surface area contributed by atoms with Crippen LogP contribution in [0, 0.1) is 12.7 Å². The van der Waals surface area contributed by atoms with Gasteiger partial charge in [0.15, 0.2) is 0 Å². The molecule has 1 N–H and O–H groups in total. The van der Waals surface area contributed by atoms with Crippen LogP contribution in [-0.4, -0.2) is 19.7 Å². The number of morpholine rings is 1. The average molecular weight is 274 g/mol. The van der Waals surface area contributed by atoms with Gasteiger partial charge in [-0.1, -0.05) is 15.9 Å². The lowest BCUT2D eigenvalue weighted by Crippen LogP contribution is -2.33. The Balaban J connectivity index is 2.30. The summed E-state index contributed by atoms with van der Waals surface area (Å²) in [5.74, 6) is -0.207. The van der Waals surface area contributed by atoms with Gasteiger partial charge in [0.05, 0.1) is 12.7 Å². The molecule has 0 radical (unpaired) electrons. The minimum absolute atomic E-state index is 0.162. The van der Waals surface area contributed by atoms with Crippen molar-refractivity contribution in [2.24, 2.45) is 0 Å². The van der Waals surface area contributed by atoms with Crippen LogP contribution in [-0.2, 0) is 4.74 Å². The number of hydrogen-bond donors (Lipinski definition) is 1. The van der Waals surface area contributed by atoms with Gasteiger partial charge in [0, 0.05) is 23.1 Å². The molecule has 15 heavy (non-hydrogen) atoms. The molecular formula is C11H13BrFNO. The third-order valence-electron chi connectivity index (χ3n) is 2.55. The number of aryl methyl sites for hydroxylation is 1. The zero-order valence-corrected chi connectivity index (χ0v) is 10.1. The first-order chi connectivity index (χ1) is 7.18. The molecule has 82 valence electrons. The van der Waals surface area contributed by atoms with Gasteiger partial charge in [0.2, 0.25) is 0 Å². The van der Waals surface area contributed by atoms with Gasteiger partial charge in [-0.3, -0.25) is 0 Å². The van der Waals surface area contributed by atoms with Crippen LogP contribution in [0.3, 0.4) is 0 Å². The molecule has 1 unspecified atom stereocenters. The summed E-state index contributed by atoms with van der Waals surface area (Å²) in [5, 5.41) is 3.19. The summed E-state index contributed by atoms with van der Waals surface area (Å²) < 4.78 is 20.0. The van der Waals surface area contributed by atoms with E-state index in [9.17, 15) is 4.39 Å². The van der Waals surface area contributed by atoms with Crippen molar-refractivity contribution in [2.45, 2.75) is 13.0 Å². The van der Waals surface area contributed by atoms with E-state index >= 15 is 0 Å². The molecule has 1 aliphatic heterocycles. The summed E-state index contributed by atoms with van der Waals surface area (Å²) in [4.78, 5) is 0. The Morgan fingerprint density at radius 2 is 2.33 bits per heavy atom. The van der Waals surface area contributed by atoms with Gasteiger partial charge in [-0.05, 0) is 24.6 Å². The number of halogens is 2. The van der Waals surface area contributed by atoms with Crippen LogP contribution in [0.25, 0.3) is 0 Å². The van der Waals surface area contributed by atoms with Crippen molar-refractivity contribution in [3.05, 3.63) is 33.5 Å². The summed E-state index contributed by atoms with van der Waals surface area (Å²) >= 11 is 3.31. The second-order valence-electron chi connectivity index (χ2n) is 3.69. The molecule has 1 aromatic rings. The lowest BCUT2D eigenvalue weighted by Gasteiger charge is -2.24. The minimum Gasteiger partial charge on any atom is -0.371 e. The molecule has 2 nitrogen and oxygen atoms in total. The Kier molecular flexibility index (Phi) is 3.38. The van der Waals surface area contributed by atoms with E-state index in [1.54, 1.807) is 0 Å². The van der Waals surface area contributed by atoms with Crippen molar-refractivity contribution in [3.8, 4) is 0 Å². The quantitative estimate of drug-likeness (QED) is 0.849. The largest absolute Gasteiger partial charge is 0.371 e.